The Bertz CT molecular complexity index is 907. The second kappa shape index (κ2) is 9.90. The lowest BCUT2D eigenvalue weighted by Gasteiger charge is -2.23. The highest BCUT2D eigenvalue weighted by Crippen LogP contribution is 2.25. The van der Waals surface area contributed by atoms with E-state index < -0.39 is 23.7 Å². The van der Waals surface area contributed by atoms with Gasteiger partial charge in [-0.2, -0.15) is 0 Å². The molecular weight excluding hydrogens is 412 g/mol. The van der Waals surface area contributed by atoms with Gasteiger partial charge in [0.1, 0.15) is 10.8 Å². The molecule has 0 radical (unpaired) electrons. The molecule has 1 N–H and O–H groups in total. The van der Waals surface area contributed by atoms with E-state index in [0.717, 1.165) is 11.1 Å². The summed E-state index contributed by atoms with van der Waals surface area (Å²) in [6, 6.07) is 1.20. The number of amides is 1. The Hall–Kier alpha value is -2.65. The molecule has 0 bridgehead atoms. The molecule has 2 aromatic rings. The molecule has 2 aromatic heterocycles. The van der Waals surface area contributed by atoms with Crippen LogP contribution in [0.2, 0.25) is 5.15 Å². The smallest absolute Gasteiger partial charge is 0.408 e. The largest absolute Gasteiger partial charge is 0.463 e. The van der Waals surface area contributed by atoms with Crippen LogP contribution in [0, 0.1) is 6.92 Å². The summed E-state index contributed by atoms with van der Waals surface area (Å²) in [7, 11) is 2.80. The Morgan fingerprint density at radius 3 is 2.60 bits per heavy atom. The van der Waals surface area contributed by atoms with Gasteiger partial charge in [0.15, 0.2) is 0 Å². The summed E-state index contributed by atoms with van der Waals surface area (Å²) in [5.74, 6) is -0.514. The zero-order chi connectivity index (χ0) is 22.5. The van der Waals surface area contributed by atoms with E-state index in [9.17, 15) is 9.59 Å². The van der Waals surface area contributed by atoms with Crippen molar-refractivity contribution in [2.45, 2.75) is 45.9 Å². The molecule has 0 fully saturated rings. The summed E-state index contributed by atoms with van der Waals surface area (Å²) >= 11 is 6.02. The quantitative estimate of drug-likeness (QED) is 0.522. The van der Waals surface area contributed by atoms with Crippen LogP contribution in [0.3, 0.4) is 0 Å². The molecule has 164 valence electrons. The maximum absolute atomic E-state index is 12.3. The van der Waals surface area contributed by atoms with E-state index in [1.54, 1.807) is 43.8 Å². The molecule has 0 aliphatic rings. The number of imidazole rings is 1. The maximum atomic E-state index is 12.3. The fraction of sp³-hybridized carbons (Fsp3) is 0.500. The molecule has 30 heavy (non-hydrogen) atoms. The van der Waals surface area contributed by atoms with Crippen molar-refractivity contribution in [1.82, 2.24) is 19.9 Å². The molecule has 0 unspecified atom stereocenters. The number of aromatic nitrogens is 3. The SMILES string of the molecule is COC[C@@H](Cn1cc(-c2cc(Cl)ncc2C)nc1C(=O)OC)NC(=O)OC(C)(C)C. The molecule has 0 aromatic carbocycles. The van der Waals surface area contributed by atoms with E-state index in [0.29, 0.717) is 10.8 Å². The van der Waals surface area contributed by atoms with Crippen molar-refractivity contribution in [2.24, 2.45) is 0 Å². The van der Waals surface area contributed by atoms with Crippen LogP contribution in [0.25, 0.3) is 11.3 Å². The molecule has 0 aliphatic heterocycles. The van der Waals surface area contributed by atoms with Crippen LogP contribution in [-0.4, -0.2) is 59.1 Å². The first kappa shape index (κ1) is 23.6. The Labute approximate surface area is 180 Å². The maximum Gasteiger partial charge on any atom is 0.408 e. The number of methoxy groups -OCH3 is 2. The van der Waals surface area contributed by atoms with Crippen molar-refractivity contribution >= 4 is 23.7 Å². The number of nitrogens with one attached hydrogen (secondary N) is 1. The Balaban J connectivity index is 2.35. The second-order valence-electron chi connectivity index (χ2n) is 7.71. The van der Waals surface area contributed by atoms with Crippen molar-refractivity contribution in [2.75, 3.05) is 20.8 Å². The number of alkyl carbamates (subject to hydrolysis) is 1. The van der Waals surface area contributed by atoms with Crippen LogP contribution >= 0.6 is 11.6 Å². The topological polar surface area (TPSA) is 105 Å². The number of aryl methyl sites for hydroxylation is 1. The minimum atomic E-state index is -0.640. The first-order valence-electron chi connectivity index (χ1n) is 9.30. The first-order valence-corrected chi connectivity index (χ1v) is 9.68. The lowest BCUT2D eigenvalue weighted by Crippen LogP contribution is -2.43. The summed E-state index contributed by atoms with van der Waals surface area (Å²) < 4.78 is 17.0. The third kappa shape index (κ3) is 6.43. The van der Waals surface area contributed by atoms with E-state index in [1.807, 2.05) is 6.92 Å². The van der Waals surface area contributed by atoms with Gasteiger partial charge in [-0.15, -0.1) is 0 Å². The molecule has 0 spiro atoms. The molecule has 10 heteroatoms. The van der Waals surface area contributed by atoms with E-state index in [-0.39, 0.29) is 19.0 Å². The second-order valence-corrected chi connectivity index (χ2v) is 8.10. The van der Waals surface area contributed by atoms with E-state index in [4.69, 9.17) is 25.8 Å². The van der Waals surface area contributed by atoms with Crippen LogP contribution in [0.1, 0.15) is 37.0 Å². The number of hydrogen-bond acceptors (Lipinski definition) is 7. The zero-order valence-corrected chi connectivity index (χ0v) is 18.7. The molecule has 1 atom stereocenters. The minimum absolute atomic E-state index is 0.0897. The van der Waals surface area contributed by atoms with Gasteiger partial charge >= 0.3 is 12.1 Å². The van der Waals surface area contributed by atoms with Crippen LogP contribution in [0.15, 0.2) is 18.5 Å². The fourth-order valence-electron chi connectivity index (χ4n) is 2.77. The van der Waals surface area contributed by atoms with Crippen molar-refractivity contribution < 1.29 is 23.8 Å². The summed E-state index contributed by atoms with van der Waals surface area (Å²) in [6.45, 7) is 7.61. The number of ether oxygens (including phenoxy) is 3. The monoisotopic (exact) mass is 438 g/mol. The highest BCUT2D eigenvalue weighted by atomic mass is 35.5. The summed E-state index contributed by atoms with van der Waals surface area (Å²) in [4.78, 5) is 32.9. The number of esters is 1. The molecule has 1 amide bonds. The van der Waals surface area contributed by atoms with Crippen LogP contribution in [-0.2, 0) is 20.8 Å². The van der Waals surface area contributed by atoms with Gasteiger partial charge in [-0.3, -0.25) is 0 Å². The standard InChI is InChI=1S/C20H27ClN4O5/c1-12-8-22-16(21)7-14(12)15-10-25(17(24-15)18(26)29-6)9-13(11-28-5)23-19(27)30-20(2,3)4/h7-8,10,13H,9,11H2,1-6H3,(H,23,27)/t13-/m1/s1. The molecule has 2 rings (SSSR count). The molecule has 9 nitrogen and oxygen atoms in total. The molecular formula is C20H27ClN4O5. The van der Waals surface area contributed by atoms with Crippen molar-refractivity contribution in [3.63, 3.8) is 0 Å². The van der Waals surface area contributed by atoms with Gasteiger partial charge in [-0.1, -0.05) is 11.6 Å². The minimum Gasteiger partial charge on any atom is -0.463 e. The van der Waals surface area contributed by atoms with Gasteiger partial charge in [0.2, 0.25) is 5.82 Å². The van der Waals surface area contributed by atoms with Crippen molar-refractivity contribution in [3.8, 4) is 11.3 Å². The van der Waals surface area contributed by atoms with Gasteiger partial charge in [-0.25, -0.2) is 19.6 Å². The number of carbonyl (C=O) groups excluding carboxylic acids is 2. The average molecular weight is 439 g/mol. The van der Waals surface area contributed by atoms with Gasteiger partial charge in [0.05, 0.1) is 25.5 Å². The number of nitrogens with zero attached hydrogens (tertiary/aromatic N) is 3. The lowest BCUT2D eigenvalue weighted by molar-refractivity contribution is 0.0459. The number of halogens is 1. The third-order valence-corrected chi connectivity index (χ3v) is 4.20. The summed E-state index contributed by atoms with van der Waals surface area (Å²) in [5, 5.41) is 3.07. The predicted molar refractivity (Wildman–Crippen MR) is 112 cm³/mol. The van der Waals surface area contributed by atoms with E-state index in [2.05, 4.69) is 15.3 Å². The number of rotatable bonds is 7. The lowest BCUT2D eigenvalue weighted by atomic mass is 10.1. The first-order chi connectivity index (χ1) is 14.0. The predicted octanol–water partition coefficient (Wildman–Crippen LogP) is 3.23. The average Bonchev–Trinajstić information content (AvgIpc) is 3.05. The van der Waals surface area contributed by atoms with Crippen molar-refractivity contribution in [1.29, 1.82) is 0 Å². The fourth-order valence-corrected chi connectivity index (χ4v) is 2.92. The van der Waals surface area contributed by atoms with Crippen molar-refractivity contribution in [3.05, 3.63) is 35.0 Å². The molecule has 0 aliphatic carbocycles. The van der Waals surface area contributed by atoms with Crippen LogP contribution < -0.4 is 5.32 Å². The Kier molecular flexibility index (Phi) is 7.80. The van der Waals surface area contributed by atoms with Crippen LogP contribution in [0.4, 0.5) is 4.79 Å². The van der Waals surface area contributed by atoms with E-state index in [1.165, 1.54) is 14.2 Å². The number of pyridine rings is 1. The molecule has 2 heterocycles. The number of hydrogen-bond donors (Lipinski definition) is 1. The highest BCUT2D eigenvalue weighted by molar-refractivity contribution is 6.29. The normalized spacial score (nSPS) is 12.4. The Morgan fingerprint density at radius 2 is 2.00 bits per heavy atom. The van der Waals surface area contributed by atoms with Gasteiger partial charge in [0.25, 0.3) is 0 Å². The Morgan fingerprint density at radius 1 is 1.30 bits per heavy atom. The number of carbonyl (C=O) groups is 2. The summed E-state index contributed by atoms with van der Waals surface area (Å²) in [6.07, 6.45) is 2.75. The highest BCUT2D eigenvalue weighted by Gasteiger charge is 2.24. The van der Waals surface area contributed by atoms with Gasteiger partial charge in [0, 0.05) is 31.6 Å². The van der Waals surface area contributed by atoms with E-state index >= 15 is 0 Å². The third-order valence-electron chi connectivity index (χ3n) is 4.00. The van der Waals surface area contributed by atoms with Gasteiger partial charge in [-0.05, 0) is 39.3 Å². The molecule has 0 saturated carbocycles. The van der Waals surface area contributed by atoms with Crippen LogP contribution in [0.5, 0.6) is 0 Å². The summed E-state index contributed by atoms with van der Waals surface area (Å²) in [5.41, 5.74) is 1.48. The van der Waals surface area contributed by atoms with Gasteiger partial charge < -0.3 is 24.1 Å². The zero-order valence-electron chi connectivity index (χ0n) is 18.0. The molecule has 0 saturated heterocycles.